The Morgan fingerprint density at radius 3 is 2.68 bits per heavy atom. The zero-order chi connectivity index (χ0) is 13.8. The Kier molecular flexibility index (Phi) is 4.81. The fourth-order valence-electron chi connectivity index (χ4n) is 1.61. The molecule has 2 aromatic carbocycles. The molecular formula is C14H11BrINO2. The lowest BCUT2D eigenvalue weighted by atomic mass is 10.1. The molecule has 0 heterocycles. The number of nitrogens with one attached hydrogen (secondary N) is 1. The van der Waals surface area contributed by atoms with Gasteiger partial charge in [-0.2, -0.15) is 0 Å². The van der Waals surface area contributed by atoms with Crippen LogP contribution in [0.3, 0.4) is 0 Å². The van der Waals surface area contributed by atoms with Crippen LogP contribution in [0, 0.1) is 3.57 Å². The highest BCUT2D eigenvalue weighted by atomic mass is 127. The Morgan fingerprint density at radius 2 is 2.00 bits per heavy atom. The zero-order valence-electron chi connectivity index (χ0n) is 9.86. The van der Waals surface area contributed by atoms with Gasteiger partial charge in [0.15, 0.2) is 0 Å². The van der Waals surface area contributed by atoms with Crippen molar-refractivity contribution in [1.29, 1.82) is 0 Å². The molecule has 0 saturated carbocycles. The molecule has 3 nitrogen and oxygen atoms in total. The first kappa shape index (κ1) is 14.3. The third kappa shape index (κ3) is 3.94. The van der Waals surface area contributed by atoms with Crippen LogP contribution >= 0.6 is 38.5 Å². The molecule has 1 amide bonds. The Morgan fingerprint density at radius 1 is 1.26 bits per heavy atom. The summed E-state index contributed by atoms with van der Waals surface area (Å²) in [6.45, 7) is 0. The summed E-state index contributed by atoms with van der Waals surface area (Å²) in [4.78, 5) is 11.9. The summed E-state index contributed by atoms with van der Waals surface area (Å²) in [6.07, 6.45) is 0.149. The molecule has 19 heavy (non-hydrogen) atoms. The molecule has 0 aliphatic rings. The number of phenolic OH excluding ortho intramolecular Hbond substituents is 1. The van der Waals surface area contributed by atoms with Gasteiger partial charge in [0.05, 0.1) is 6.42 Å². The molecular weight excluding hydrogens is 421 g/mol. The van der Waals surface area contributed by atoms with Gasteiger partial charge in [-0.05, 0) is 62.8 Å². The summed E-state index contributed by atoms with van der Waals surface area (Å²) < 4.78 is 2.02. The predicted molar refractivity (Wildman–Crippen MR) is 87.3 cm³/mol. The molecule has 2 rings (SSSR count). The first-order chi connectivity index (χ1) is 9.06. The number of hydrogen-bond acceptors (Lipinski definition) is 2. The molecule has 98 valence electrons. The second-order valence-electron chi connectivity index (χ2n) is 3.98. The number of aromatic hydroxyl groups is 1. The van der Waals surface area contributed by atoms with Crippen molar-refractivity contribution in [2.24, 2.45) is 0 Å². The van der Waals surface area contributed by atoms with Crippen molar-refractivity contribution in [2.75, 3.05) is 5.32 Å². The van der Waals surface area contributed by atoms with Crippen LogP contribution < -0.4 is 5.32 Å². The standard InChI is InChI=1S/C14H11BrINO2/c15-11-8-10(5-6-12(11)16)17-14(19)7-9-3-1-2-4-13(9)18/h1-6,8,18H,7H2,(H,17,19). The van der Waals surface area contributed by atoms with Crippen LogP contribution in [0.15, 0.2) is 46.9 Å². The summed E-state index contributed by atoms with van der Waals surface area (Å²) >= 11 is 5.62. The lowest BCUT2D eigenvalue weighted by Crippen LogP contribution is -2.14. The van der Waals surface area contributed by atoms with Gasteiger partial charge in [-0.15, -0.1) is 0 Å². The summed E-state index contributed by atoms with van der Waals surface area (Å²) in [5.74, 6) is -0.0175. The summed E-state index contributed by atoms with van der Waals surface area (Å²) in [6, 6.07) is 12.4. The monoisotopic (exact) mass is 431 g/mol. The quantitative estimate of drug-likeness (QED) is 0.723. The molecule has 2 aromatic rings. The van der Waals surface area contributed by atoms with E-state index in [-0.39, 0.29) is 18.1 Å². The maximum absolute atomic E-state index is 11.9. The smallest absolute Gasteiger partial charge is 0.228 e. The molecule has 0 aromatic heterocycles. The second kappa shape index (κ2) is 6.38. The van der Waals surface area contributed by atoms with Crippen LogP contribution in [0.5, 0.6) is 5.75 Å². The van der Waals surface area contributed by atoms with E-state index in [2.05, 4.69) is 43.8 Å². The van der Waals surface area contributed by atoms with Crippen molar-refractivity contribution >= 4 is 50.1 Å². The molecule has 0 aliphatic heterocycles. The van der Waals surface area contributed by atoms with Gasteiger partial charge in [-0.3, -0.25) is 4.79 Å². The Balaban J connectivity index is 2.05. The van der Waals surface area contributed by atoms with E-state index >= 15 is 0 Å². The number of phenols is 1. The van der Waals surface area contributed by atoms with Crippen LogP contribution in [0.2, 0.25) is 0 Å². The van der Waals surface area contributed by atoms with Gasteiger partial charge in [0.25, 0.3) is 0 Å². The fraction of sp³-hybridized carbons (Fsp3) is 0.0714. The van der Waals surface area contributed by atoms with E-state index in [0.29, 0.717) is 5.56 Å². The van der Waals surface area contributed by atoms with Gasteiger partial charge in [-0.25, -0.2) is 0 Å². The number of carbonyl (C=O) groups excluding carboxylic acids is 1. The third-order valence-electron chi connectivity index (χ3n) is 2.55. The highest BCUT2D eigenvalue weighted by Gasteiger charge is 2.08. The average Bonchev–Trinajstić information content (AvgIpc) is 2.37. The number of halogens is 2. The highest BCUT2D eigenvalue weighted by Crippen LogP contribution is 2.23. The largest absolute Gasteiger partial charge is 0.508 e. The molecule has 0 saturated heterocycles. The van der Waals surface area contributed by atoms with E-state index in [1.165, 1.54) is 0 Å². The third-order valence-corrected chi connectivity index (χ3v) is 4.88. The Labute approximate surface area is 133 Å². The van der Waals surface area contributed by atoms with E-state index < -0.39 is 0 Å². The van der Waals surface area contributed by atoms with E-state index in [9.17, 15) is 9.90 Å². The molecule has 0 atom stereocenters. The molecule has 2 N–H and O–H groups in total. The van der Waals surface area contributed by atoms with Crippen LogP contribution in [0.4, 0.5) is 5.69 Å². The zero-order valence-corrected chi connectivity index (χ0v) is 13.6. The number of benzene rings is 2. The van der Waals surface area contributed by atoms with Crippen molar-refractivity contribution in [3.63, 3.8) is 0 Å². The minimum absolute atomic E-state index is 0.140. The van der Waals surface area contributed by atoms with Gasteiger partial charge >= 0.3 is 0 Å². The highest BCUT2D eigenvalue weighted by molar-refractivity contribution is 14.1. The topological polar surface area (TPSA) is 49.3 Å². The first-order valence-corrected chi connectivity index (χ1v) is 7.45. The van der Waals surface area contributed by atoms with Gasteiger partial charge in [-0.1, -0.05) is 18.2 Å². The summed E-state index contributed by atoms with van der Waals surface area (Å²) in [7, 11) is 0. The predicted octanol–water partition coefficient (Wildman–Crippen LogP) is 3.94. The number of carbonyl (C=O) groups is 1. The molecule has 0 aliphatic carbocycles. The van der Waals surface area contributed by atoms with Crippen LogP contribution in [0.25, 0.3) is 0 Å². The summed E-state index contributed by atoms with van der Waals surface area (Å²) in [5.41, 5.74) is 1.34. The van der Waals surface area contributed by atoms with Crippen LogP contribution in [0.1, 0.15) is 5.56 Å². The summed E-state index contributed by atoms with van der Waals surface area (Å²) in [5, 5.41) is 12.4. The number of anilines is 1. The molecule has 0 radical (unpaired) electrons. The molecule has 0 spiro atoms. The van der Waals surface area contributed by atoms with Gasteiger partial charge < -0.3 is 10.4 Å². The van der Waals surface area contributed by atoms with Crippen molar-refractivity contribution < 1.29 is 9.90 Å². The van der Waals surface area contributed by atoms with Gasteiger partial charge in [0.1, 0.15) is 5.75 Å². The first-order valence-electron chi connectivity index (χ1n) is 5.58. The maximum atomic E-state index is 11.9. The Hall–Kier alpha value is -1.08. The average molecular weight is 432 g/mol. The Bertz CT molecular complexity index is 616. The minimum atomic E-state index is -0.158. The normalized spacial score (nSPS) is 10.2. The number of rotatable bonds is 3. The fourth-order valence-corrected chi connectivity index (χ4v) is 2.33. The van der Waals surface area contributed by atoms with Crippen molar-refractivity contribution in [3.05, 3.63) is 56.1 Å². The van der Waals surface area contributed by atoms with Gasteiger partial charge in [0, 0.05) is 19.3 Å². The maximum Gasteiger partial charge on any atom is 0.228 e. The molecule has 0 bridgehead atoms. The van der Waals surface area contributed by atoms with Crippen LogP contribution in [-0.4, -0.2) is 11.0 Å². The molecule has 5 heteroatoms. The number of hydrogen-bond donors (Lipinski definition) is 2. The van der Waals surface area contributed by atoms with Crippen molar-refractivity contribution in [1.82, 2.24) is 0 Å². The number of amides is 1. The molecule has 0 unspecified atom stereocenters. The van der Waals surface area contributed by atoms with E-state index in [1.807, 2.05) is 18.2 Å². The van der Waals surface area contributed by atoms with Gasteiger partial charge in [0.2, 0.25) is 5.91 Å². The van der Waals surface area contributed by atoms with E-state index in [0.717, 1.165) is 13.7 Å². The second-order valence-corrected chi connectivity index (χ2v) is 6.00. The van der Waals surface area contributed by atoms with E-state index in [4.69, 9.17) is 0 Å². The van der Waals surface area contributed by atoms with Crippen molar-refractivity contribution in [3.8, 4) is 5.75 Å². The lowest BCUT2D eigenvalue weighted by Gasteiger charge is -2.07. The van der Waals surface area contributed by atoms with Crippen molar-refractivity contribution in [2.45, 2.75) is 6.42 Å². The lowest BCUT2D eigenvalue weighted by molar-refractivity contribution is -0.115. The van der Waals surface area contributed by atoms with E-state index in [1.54, 1.807) is 24.3 Å². The minimum Gasteiger partial charge on any atom is -0.508 e. The van der Waals surface area contributed by atoms with Crippen LogP contribution in [-0.2, 0) is 11.2 Å². The number of para-hydroxylation sites is 1. The molecule has 0 fully saturated rings. The SMILES string of the molecule is O=C(Cc1ccccc1O)Nc1ccc(I)c(Br)c1.